The van der Waals surface area contributed by atoms with Crippen LogP contribution in [0.2, 0.25) is 0 Å². The van der Waals surface area contributed by atoms with Gasteiger partial charge in [-0.1, -0.05) is 0 Å². The maximum absolute atomic E-state index is 8.43. The van der Waals surface area contributed by atoms with Crippen molar-refractivity contribution in [2.24, 2.45) is 0 Å². The van der Waals surface area contributed by atoms with E-state index in [-0.39, 0.29) is 0 Å². The topological polar surface area (TPSA) is 45.0 Å². The number of nitrogens with one attached hydrogen (secondary N) is 1. The third-order valence-electron chi connectivity index (χ3n) is 2.28. The van der Waals surface area contributed by atoms with Gasteiger partial charge in [0.25, 0.3) is 0 Å². The van der Waals surface area contributed by atoms with Gasteiger partial charge in [0.2, 0.25) is 0 Å². The SMILES string of the molecule is N#CCNc1ccc2c(c1)CCCO2. The minimum atomic E-state index is 0.347. The predicted molar refractivity (Wildman–Crippen MR) is 54.4 cm³/mol. The molecule has 72 valence electrons. The minimum Gasteiger partial charge on any atom is -0.493 e. The number of nitrogens with zero attached hydrogens (tertiary/aromatic N) is 1. The standard InChI is InChI=1S/C11H12N2O/c12-5-6-13-10-3-4-11-9(8-10)2-1-7-14-11/h3-4,8,13H,1-2,6-7H2. The monoisotopic (exact) mass is 188 g/mol. The van der Waals surface area contributed by atoms with Crippen LogP contribution in [0, 0.1) is 11.3 Å². The maximum atomic E-state index is 8.43. The first-order valence-corrected chi connectivity index (χ1v) is 4.77. The largest absolute Gasteiger partial charge is 0.493 e. The van der Waals surface area contributed by atoms with Crippen LogP contribution in [0.15, 0.2) is 18.2 Å². The summed E-state index contributed by atoms with van der Waals surface area (Å²) in [5.74, 6) is 0.985. The lowest BCUT2D eigenvalue weighted by molar-refractivity contribution is 0.288. The summed E-state index contributed by atoms with van der Waals surface area (Å²) in [6.45, 7) is 1.16. The highest BCUT2D eigenvalue weighted by Gasteiger charge is 2.09. The smallest absolute Gasteiger partial charge is 0.122 e. The molecule has 0 spiro atoms. The van der Waals surface area contributed by atoms with Gasteiger partial charge in [-0.2, -0.15) is 5.26 Å². The number of aryl methyl sites for hydroxylation is 1. The van der Waals surface area contributed by atoms with Crippen LogP contribution in [0.25, 0.3) is 0 Å². The Morgan fingerprint density at radius 2 is 2.43 bits per heavy atom. The number of hydrogen-bond donors (Lipinski definition) is 1. The van der Waals surface area contributed by atoms with Gasteiger partial charge in [-0.3, -0.25) is 0 Å². The van der Waals surface area contributed by atoms with Crippen LogP contribution in [-0.2, 0) is 6.42 Å². The van der Waals surface area contributed by atoms with Crippen LogP contribution < -0.4 is 10.1 Å². The average Bonchev–Trinajstić information content (AvgIpc) is 2.26. The van der Waals surface area contributed by atoms with Gasteiger partial charge < -0.3 is 10.1 Å². The zero-order valence-corrected chi connectivity index (χ0v) is 7.92. The molecule has 0 aromatic heterocycles. The van der Waals surface area contributed by atoms with Crippen molar-refractivity contribution in [2.75, 3.05) is 18.5 Å². The molecule has 1 aromatic carbocycles. The Balaban J connectivity index is 2.17. The van der Waals surface area contributed by atoms with E-state index in [0.29, 0.717) is 6.54 Å². The molecule has 0 fully saturated rings. The Hall–Kier alpha value is -1.69. The quantitative estimate of drug-likeness (QED) is 0.721. The van der Waals surface area contributed by atoms with Gasteiger partial charge in [0, 0.05) is 5.69 Å². The van der Waals surface area contributed by atoms with Crippen LogP contribution in [0.4, 0.5) is 5.69 Å². The maximum Gasteiger partial charge on any atom is 0.122 e. The lowest BCUT2D eigenvalue weighted by atomic mass is 10.1. The van der Waals surface area contributed by atoms with E-state index < -0.39 is 0 Å². The Kier molecular flexibility index (Phi) is 2.55. The Morgan fingerprint density at radius 1 is 1.50 bits per heavy atom. The van der Waals surface area contributed by atoms with Crippen molar-refractivity contribution in [2.45, 2.75) is 12.8 Å². The van der Waals surface area contributed by atoms with E-state index in [0.717, 1.165) is 30.9 Å². The van der Waals surface area contributed by atoms with Crippen molar-refractivity contribution in [1.82, 2.24) is 0 Å². The van der Waals surface area contributed by atoms with Crippen LogP contribution in [0.5, 0.6) is 5.75 Å². The molecule has 3 heteroatoms. The van der Waals surface area contributed by atoms with Crippen molar-refractivity contribution in [3.63, 3.8) is 0 Å². The molecule has 0 radical (unpaired) electrons. The zero-order chi connectivity index (χ0) is 9.80. The van der Waals surface area contributed by atoms with E-state index in [1.807, 2.05) is 12.1 Å². The Morgan fingerprint density at radius 3 is 3.29 bits per heavy atom. The second kappa shape index (κ2) is 4.01. The van der Waals surface area contributed by atoms with Gasteiger partial charge in [0.15, 0.2) is 0 Å². The highest BCUT2D eigenvalue weighted by Crippen LogP contribution is 2.27. The van der Waals surface area contributed by atoms with E-state index >= 15 is 0 Å². The van der Waals surface area contributed by atoms with Gasteiger partial charge in [-0.05, 0) is 36.6 Å². The molecule has 0 unspecified atom stereocenters. The molecule has 0 saturated carbocycles. The summed E-state index contributed by atoms with van der Waals surface area (Å²) in [6, 6.07) is 8.03. The third kappa shape index (κ3) is 1.80. The fourth-order valence-corrected chi connectivity index (χ4v) is 1.61. The number of nitriles is 1. The number of rotatable bonds is 2. The summed E-state index contributed by atoms with van der Waals surface area (Å²) in [6.07, 6.45) is 2.14. The van der Waals surface area contributed by atoms with E-state index in [9.17, 15) is 0 Å². The molecule has 1 aliphatic rings. The molecule has 0 atom stereocenters. The number of ether oxygens (including phenoxy) is 1. The van der Waals surface area contributed by atoms with Crippen molar-refractivity contribution >= 4 is 5.69 Å². The summed E-state index contributed by atoms with van der Waals surface area (Å²) < 4.78 is 5.49. The highest BCUT2D eigenvalue weighted by atomic mass is 16.5. The van der Waals surface area contributed by atoms with Gasteiger partial charge in [0.1, 0.15) is 12.3 Å². The average molecular weight is 188 g/mol. The molecule has 0 amide bonds. The fourth-order valence-electron chi connectivity index (χ4n) is 1.61. The van der Waals surface area contributed by atoms with Crippen molar-refractivity contribution < 1.29 is 4.74 Å². The van der Waals surface area contributed by atoms with Crippen LogP contribution in [-0.4, -0.2) is 13.2 Å². The van der Waals surface area contributed by atoms with Crippen LogP contribution >= 0.6 is 0 Å². The lowest BCUT2D eigenvalue weighted by Gasteiger charge is -2.17. The van der Waals surface area contributed by atoms with Crippen LogP contribution in [0.3, 0.4) is 0 Å². The fraction of sp³-hybridized carbons (Fsp3) is 0.364. The van der Waals surface area contributed by atoms with Crippen molar-refractivity contribution in [3.05, 3.63) is 23.8 Å². The first-order chi connectivity index (χ1) is 6.90. The van der Waals surface area contributed by atoms with E-state index in [1.165, 1.54) is 5.56 Å². The molecule has 2 rings (SSSR count). The molecule has 0 aliphatic carbocycles. The molecule has 14 heavy (non-hydrogen) atoms. The molecule has 1 aromatic rings. The predicted octanol–water partition coefficient (Wildman–Crippen LogP) is 1.95. The molecule has 3 nitrogen and oxygen atoms in total. The molecule has 0 bridgehead atoms. The Labute approximate surface area is 83.3 Å². The van der Waals surface area contributed by atoms with Gasteiger partial charge >= 0.3 is 0 Å². The second-order valence-corrected chi connectivity index (χ2v) is 3.29. The summed E-state index contributed by atoms with van der Waals surface area (Å²) in [4.78, 5) is 0. The molecule has 1 aliphatic heterocycles. The molecule has 0 saturated heterocycles. The molecule has 1 heterocycles. The van der Waals surface area contributed by atoms with Crippen molar-refractivity contribution in [3.8, 4) is 11.8 Å². The Bertz CT molecular complexity index is 368. The summed E-state index contributed by atoms with van der Waals surface area (Å²) in [5.41, 5.74) is 2.23. The number of anilines is 1. The normalized spacial score (nSPS) is 13.6. The van der Waals surface area contributed by atoms with Gasteiger partial charge in [-0.15, -0.1) is 0 Å². The summed E-state index contributed by atoms with van der Waals surface area (Å²) >= 11 is 0. The zero-order valence-electron chi connectivity index (χ0n) is 7.92. The third-order valence-corrected chi connectivity index (χ3v) is 2.28. The lowest BCUT2D eigenvalue weighted by Crippen LogP contribution is -2.09. The number of fused-ring (bicyclic) bond motifs is 1. The summed E-state index contributed by atoms with van der Waals surface area (Å²) in [5, 5.41) is 11.5. The highest BCUT2D eigenvalue weighted by molar-refractivity contribution is 5.52. The second-order valence-electron chi connectivity index (χ2n) is 3.29. The van der Waals surface area contributed by atoms with Gasteiger partial charge in [-0.25, -0.2) is 0 Å². The van der Waals surface area contributed by atoms with Crippen LogP contribution in [0.1, 0.15) is 12.0 Å². The van der Waals surface area contributed by atoms with E-state index in [2.05, 4.69) is 17.5 Å². The summed E-state index contributed by atoms with van der Waals surface area (Å²) in [7, 11) is 0. The number of hydrogen-bond acceptors (Lipinski definition) is 3. The molecular weight excluding hydrogens is 176 g/mol. The first kappa shape index (κ1) is 8.89. The first-order valence-electron chi connectivity index (χ1n) is 4.77. The molecular formula is C11H12N2O. The van der Waals surface area contributed by atoms with Crippen molar-refractivity contribution in [1.29, 1.82) is 5.26 Å². The van der Waals surface area contributed by atoms with E-state index in [1.54, 1.807) is 0 Å². The molecule has 1 N–H and O–H groups in total. The van der Waals surface area contributed by atoms with E-state index in [4.69, 9.17) is 10.00 Å². The van der Waals surface area contributed by atoms with Gasteiger partial charge in [0.05, 0.1) is 12.7 Å². The number of benzene rings is 1. The minimum absolute atomic E-state index is 0.347.